The molecule has 3 nitrogen and oxygen atoms in total. The number of rotatable bonds is 2. The van der Waals surface area contributed by atoms with Crippen molar-refractivity contribution in [2.24, 2.45) is 5.92 Å². The second-order valence-corrected chi connectivity index (χ2v) is 7.47. The average Bonchev–Trinajstić information content (AvgIpc) is 2.79. The van der Waals surface area contributed by atoms with Crippen molar-refractivity contribution in [3.8, 4) is 0 Å². The maximum Gasteiger partial charge on any atom is 0.169 e. The van der Waals surface area contributed by atoms with Gasteiger partial charge in [-0.2, -0.15) is 0 Å². The van der Waals surface area contributed by atoms with E-state index >= 15 is 0 Å². The zero-order chi connectivity index (χ0) is 14.6. The number of thioether (sulfide) groups is 1. The Balaban J connectivity index is 1.91. The summed E-state index contributed by atoms with van der Waals surface area (Å²) in [5, 5.41) is 1.18. The molecule has 21 heavy (non-hydrogen) atoms. The van der Waals surface area contributed by atoms with Gasteiger partial charge in [0, 0.05) is 46.3 Å². The van der Waals surface area contributed by atoms with Gasteiger partial charge in [0.1, 0.15) is 0 Å². The van der Waals surface area contributed by atoms with E-state index < -0.39 is 0 Å². The Bertz CT molecular complexity index is 732. The molecule has 0 amide bonds. The predicted octanol–water partition coefficient (Wildman–Crippen LogP) is 3.05. The number of carbonyl (C=O) groups is 1. The van der Waals surface area contributed by atoms with E-state index in [1.54, 1.807) is 0 Å². The lowest BCUT2D eigenvalue weighted by atomic mass is 9.84. The Hall–Kier alpha value is -1.26. The Morgan fingerprint density at radius 1 is 1.38 bits per heavy atom. The highest BCUT2D eigenvalue weighted by Crippen LogP contribution is 2.41. The molecule has 0 saturated heterocycles. The molecule has 4 rings (SSSR count). The van der Waals surface area contributed by atoms with Crippen molar-refractivity contribution in [3.05, 3.63) is 29.5 Å². The van der Waals surface area contributed by atoms with E-state index in [0.717, 1.165) is 37.2 Å². The highest BCUT2D eigenvalue weighted by atomic mass is 32.2. The van der Waals surface area contributed by atoms with Gasteiger partial charge >= 0.3 is 0 Å². The van der Waals surface area contributed by atoms with Gasteiger partial charge in [-0.1, -0.05) is 12.1 Å². The van der Waals surface area contributed by atoms with Crippen molar-refractivity contribution >= 4 is 28.4 Å². The minimum Gasteiger partial charge on any atom is -0.342 e. The fraction of sp³-hybridized carbons (Fsp3) is 0.471. The van der Waals surface area contributed by atoms with Crippen LogP contribution in [-0.4, -0.2) is 41.6 Å². The van der Waals surface area contributed by atoms with Crippen LogP contribution in [0.25, 0.3) is 10.9 Å². The van der Waals surface area contributed by atoms with Gasteiger partial charge in [-0.15, -0.1) is 11.8 Å². The molecule has 1 aliphatic heterocycles. The van der Waals surface area contributed by atoms with Crippen LogP contribution in [0.3, 0.4) is 0 Å². The quantitative estimate of drug-likeness (QED) is 0.852. The van der Waals surface area contributed by atoms with Crippen LogP contribution in [0.2, 0.25) is 0 Å². The molecule has 2 heterocycles. The van der Waals surface area contributed by atoms with Gasteiger partial charge in [-0.25, -0.2) is 0 Å². The van der Waals surface area contributed by atoms with Crippen LogP contribution in [-0.2, 0) is 13.0 Å². The third kappa shape index (κ3) is 1.96. The Kier molecular flexibility index (Phi) is 3.12. The molecule has 1 unspecified atom stereocenters. The van der Waals surface area contributed by atoms with Gasteiger partial charge in [0.05, 0.1) is 5.52 Å². The molecule has 0 N–H and O–H groups in total. The highest BCUT2D eigenvalue weighted by Gasteiger charge is 2.34. The first kappa shape index (κ1) is 13.4. The number of para-hydroxylation sites is 1. The number of fused-ring (bicyclic) bond motifs is 3. The average molecular weight is 300 g/mol. The standard InChI is InChI=1S/C17H20N2OS/c1-18(2)10-11-6-7-13-15(17(11)20)12-4-3-5-14-16(12)19(13)8-9-21-14/h3-5,11H,6-10H2,1-2H3. The first-order chi connectivity index (χ1) is 10.2. The van der Waals surface area contributed by atoms with Crippen LogP contribution in [0.1, 0.15) is 22.5 Å². The lowest BCUT2D eigenvalue weighted by Gasteiger charge is -2.25. The van der Waals surface area contributed by atoms with Crippen LogP contribution >= 0.6 is 11.8 Å². The number of aryl methyl sites for hydroxylation is 1. The summed E-state index contributed by atoms with van der Waals surface area (Å²) in [7, 11) is 4.10. The Morgan fingerprint density at radius 2 is 2.24 bits per heavy atom. The number of hydrogen-bond acceptors (Lipinski definition) is 3. The number of carbonyl (C=O) groups excluding carboxylic acids is 1. The van der Waals surface area contributed by atoms with Crippen molar-refractivity contribution in [1.29, 1.82) is 0 Å². The molecule has 4 heteroatoms. The fourth-order valence-corrected chi connectivity index (χ4v) is 4.86. The van der Waals surface area contributed by atoms with E-state index in [0.29, 0.717) is 5.78 Å². The molecule has 0 fully saturated rings. The molecule has 2 aromatic rings. The van der Waals surface area contributed by atoms with Crippen LogP contribution in [0, 0.1) is 5.92 Å². The molecule has 0 radical (unpaired) electrons. The van der Waals surface area contributed by atoms with Crippen molar-refractivity contribution in [2.45, 2.75) is 24.3 Å². The predicted molar refractivity (Wildman–Crippen MR) is 87.4 cm³/mol. The molecular weight excluding hydrogens is 280 g/mol. The summed E-state index contributed by atoms with van der Waals surface area (Å²) in [5.41, 5.74) is 3.61. The van der Waals surface area contributed by atoms with Crippen LogP contribution < -0.4 is 0 Å². The second-order valence-electron chi connectivity index (χ2n) is 6.34. The maximum atomic E-state index is 13.0. The summed E-state index contributed by atoms with van der Waals surface area (Å²) in [4.78, 5) is 16.4. The largest absolute Gasteiger partial charge is 0.342 e. The molecule has 0 spiro atoms. The number of aromatic nitrogens is 1. The molecule has 0 bridgehead atoms. The molecule has 1 atom stereocenters. The van der Waals surface area contributed by atoms with Crippen molar-refractivity contribution in [1.82, 2.24) is 9.47 Å². The highest BCUT2D eigenvalue weighted by molar-refractivity contribution is 7.99. The first-order valence-electron chi connectivity index (χ1n) is 7.62. The SMILES string of the molecule is CN(C)CC1CCc2c(c3cccc4c3n2CCS4)C1=O. The molecule has 1 aromatic carbocycles. The lowest BCUT2D eigenvalue weighted by molar-refractivity contribution is 0.0878. The summed E-state index contributed by atoms with van der Waals surface area (Å²) in [5.74, 6) is 1.63. The zero-order valence-corrected chi connectivity index (χ0v) is 13.4. The van der Waals surface area contributed by atoms with E-state index in [2.05, 4.69) is 41.8 Å². The number of hydrogen-bond donors (Lipinski definition) is 0. The molecule has 110 valence electrons. The van der Waals surface area contributed by atoms with E-state index in [4.69, 9.17) is 0 Å². The molecule has 2 aliphatic rings. The van der Waals surface area contributed by atoms with Gasteiger partial charge in [0.2, 0.25) is 0 Å². The molecule has 1 aliphatic carbocycles. The molecule has 1 aromatic heterocycles. The zero-order valence-electron chi connectivity index (χ0n) is 12.6. The summed E-state index contributed by atoms with van der Waals surface area (Å²) >= 11 is 1.92. The van der Waals surface area contributed by atoms with Crippen LogP contribution in [0.5, 0.6) is 0 Å². The fourth-order valence-electron chi connectivity index (χ4n) is 3.83. The van der Waals surface area contributed by atoms with Gasteiger partial charge in [-0.3, -0.25) is 4.79 Å². The van der Waals surface area contributed by atoms with Crippen molar-refractivity contribution in [2.75, 3.05) is 26.4 Å². The summed E-state index contributed by atoms with van der Waals surface area (Å²) < 4.78 is 2.42. The first-order valence-corrected chi connectivity index (χ1v) is 8.61. The summed E-state index contributed by atoms with van der Waals surface area (Å²) in [6, 6.07) is 6.43. The normalized spacial score (nSPS) is 21.1. The smallest absolute Gasteiger partial charge is 0.169 e. The topological polar surface area (TPSA) is 25.2 Å². The van der Waals surface area contributed by atoms with Gasteiger partial charge < -0.3 is 9.47 Å². The second kappa shape index (κ2) is 4.89. The number of nitrogens with zero attached hydrogens (tertiary/aromatic N) is 2. The van der Waals surface area contributed by atoms with Crippen LogP contribution in [0.4, 0.5) is 0 Å². The third-order valence-electron chi connectivity index (χ3n) is 4.66. The van der Waals surface area contributed by atoms with E-state index in [1.807, 2.05) is 11.8 Å². The van der Waals surface area contributed by atoms with E-state index in [-0.39, 0.29) is 5.92 Å². The lowest BCUT2D eigenvalue weighted by Crippen LogP contribution is -2.32. The van der Waals surface area contributed by atoms with Gasteiger partial charge in [0.25, 0.3) is 0 Å². The summed E-state index contributed by atoms with van der Waals surface area (Å²) in [6.45, 7) is 1.90. The molecular formula is C17H20N2OS. The van der Waals surface area contributed by atoms with Crippen molar-refractivity contribution in [3.63, 3.8) is 0 Å². The Labute approximate surface area is 129 Å². The summed E-state index contributed by atoms with van der Waals surface area (Å²) in [6.07, 6.45) is 2.03. The van der Waals surface area contributed by atoms with Gasteiger partial charge in [0.15, 0.2) is 5.78 Å². The van der Waals surface area contributed by atoms with Crippen LogP contribution in [0.15, 0.2) is 23.1 Å². The third-order valence-corrected chi connectivity index (χ3v) is 5.68. The van der Waals surface area contributed by atoms with Crippen molar-refractivity contribution < 1.29 is 4.79 Å². The minimum absolute atomic E-state index is 0.156. The number of benzene rings is 1. The maximum absolute atomic E-state index is 13.0. The van der Waals surface area contributed by atoms with E-state index in [9.17, 15) is 4.79 Å². The minimum atomic E-state index is 0.156. The molecule has 0 saturated carbocycles. The number of ketones is 1. The Morgan fingerprint density at radius 3 is 3.05 bits per heavy atom. The monoisotopic (exact) mass is 300 g/mol. The van der Waals surface area contributed by atoms with Gasteiger partial charge in [-0.05, 0) is 33.0 Å². The van der Waals surface area contributed by atoms with E-state index in [1.165, 1.54) is 21.5 Å². The number of Topliss-reactive ketones (excluding diaryl/α,β-unsaturated/α-hetero) is 1.